The molecular formula is C27H24N4O5S. The van der Waals surface area contributed by atoms with Crippen LogP contribution in [0.1, 0.15) is 0 Å². The zero-order chi connectivity index (χ0) is 25.9. The van der Waals surface area contributed by atoms with Crippen LogP contribution in [-0.4, -0.2) is 47.5 Å². The summed E-state index contributed by atoms with van der Waals surface area (Å²) in [5.74, 6) is 1.30. The van der Waals surface area contributed by atoms with Gasteiger partial charge < -0.3 is 24.5 Å². The van der Waals surface area contributed by atoms with E-state index in [9.17, 15) is 9.59 Å². The largest absolute Gasteiger partial charge is 0.497 e. The van der Waals surface area contributed by atoms with Crippen molar-refractivity contribution in [1.82, 2.24) is 14.5 Å². The number of aromatic nitrogens is 3. The Balaban J connectivity index is 1.56. The normalized spacial score (nSPS) is 11.0. The molecule has 9 nitrogen and oxygen atoms in total. The molecule has 2 heterocycles. The lowest BCUT2D eigenvalue weighted by Gasteiger charge is -2.15. The molecule has 1 amide bonds. The summed E-state index contributed by atoms with van der Waals surface area (Å²) in [6.07, 6.45) is 0. The summed E-state index contributed by atoms with van der Waals surface area (Å²) >= 11 is 1.15. The number of aromatic amines is 1. The van der Waals surface area contributed by atoms with Crippen molar-refractivity contribution < 1.29 is 19.0 Å². The predicted octanol–water partition coefficient (Wildman–Crippen LogP) is 4.62. The number of anilines is 1. The van der Waals surface area contributed by atoms with E-state index in [1.54, 1.807) is 44.6 Å². The van der Waals surface area contributed by atoms with Crippen LogP contribution in [0.4, 0.5) is 5.69 Å². The maximum Gasteiger partial charge on any atom is 0.283 e. The van der Waals surface area contributed by atoms with Crippen molar-refractivity contribution in [2.45, 2.75) is 5.16 Å². The van der Waals surface area contributed by atoms with Crippen molar-refractivity contribution >= 4 is 45.3 Å². The van der Waals surface area contributed by atoms with E-state index in [0.717, 1.165) is 22.7 Å². The molecule has 0 bridgehead atoms. The molecule has 0 unspecified atom stereocenters. The van der Waals surface area contributed by atoms with Crippen LogP contribution < -0.4 is 25.1 Å². The summed E-state index contributed by atoms with van der Waals surface area (Å²) in [7, 11) is 4.62. The van der Waals surface area contributed by atoms with Crippen molar-refractivity contribution in [1.29, 1.82) is 0 Å². The third-order valence-electron chi connectivity index (χ3n) is 5.83. The van der Waals surface area contributed by atoms with E-state index in [4.69, 9.17) is 19.2 Å². The number of amides is 1. The van der Waals surface area contributed by atoms with Gasteiger partial charge in [-0.3, -0.25) is 9.59 Å². The summed E-state index contributed by atoms with van der Waals surface area (Å²) < 4.78 is 17.6. The number of thioether (sulfide) groups is 1. The maximum atomic E-state index is 13.8. The average Bonchev–Trinajstić information content (AvgIpc) is 3.31. The Kier molecular flexibility index (Phi) is 6.74. The standard InChI is InChI=1S/C27H24N4O5S/c1-34-16-12-13-21(35-2)19(14-16)28-23(32)15-37-27-30-24-17-8-4-5-9-18(17)29-25(24)26(33)31(27)20-10-6-7-11-22(20)36-3/h4-14,29H,15H2,1-3H3,(H,28,32). The van der Waals surface area contributed by atoms with Gasteiger partial charge in [-0.15, -0.1) is 0 Å². The lowest BCUT2D eigenvalue weighted by molar-refractivity contribution is -0.113. The van der Waals surface area contributed by atoms with Gasteiger partial charge in [-0.25, -0.2) is 9.55 Å². The van der Waals surface area contributed by atoms with E-state index >= 15 is 0 Å². The molecule has 10 heteroatoms. The molecular weight excluding hydrogens is 492 g/mol. The highest BCUT2D eigenvalue weighted by molar-refractivity contribution is 7.99. The monoisotopic (exact) mass is 516 g/mol. The number of ether oxygens (including phenoxy) is 3. The lowest BCUT2D eigenvalue weighted by Crippen LogP contribution is -2.23. The van der Waals surface area contributed by atoms with E-state index in [2.05, 4.69) is 10.3 Å². The Morgan fingerprint density at radius 2 is 1.73 bits per heavy atom. The van der Waals surface area contributed by atoms with Gasteiger partial charge >= 0.3 is 0 Å². The Morgan fingerprint density at radius 3 is 2.51 bits per heavy atom. The van der Waals surface area contributed by atoms with Crippen LogP contribution in [0.15, 0.2) is 76.7 Å². The molecule has 37 heavy (non-hydrogen) atoms. The molecule has 0 saturated heterocycles. The van der Waals surface area contributed by atoms with Gasteiger partial charge in [0.05, 0.1) is 38.5 Å². The van der Waals surface area contributed by atoms with E-state index < -0.39 is 0 Å². The van der Waals surface area contributed by atoms with Crippen molar-refractivity contribution in [3.8, 4) is 22.9 Å². The van der Waals surface area contributed by atoms with Crippen LogP contribution >= 0.6 is 11.8 Å². The second-order valence-electron chi connectivity index (χ2n) is 8.00. The molecule has 0 aliphatic carbocycles. The second-order valence-corrected chi connectivity index (χ2v) is 8.95. The van der Waals surface area contributed by atoms with Gasteiger partial charge in [0.1, 0.15) is 28.3 Å². The van der Waals surface area contributed by atoms with Gasteiger partial charge in [0.25, 0.3) is 5.56 Å². The molecule has 0 aliphatic rings. The number of rotatable bonds is 8. The molecule has 0 aliphatic heterocycles. The molecule has 2 N–H and O–H groups in total. The molecule has 0 radical (unpaired) electrons. The minimum absolute atomic E-state index is 0.00415. The number of hydrogen-bond donors (Lipinski definition) is 2. The molecule has 0 atom stereocenters. The van der Waals surface area contributed by atoms with E-state index in [1.165, 1.54) is 11.7 Å². The zero-order valence-electron chi connectivity index (χ0n) is 20.4. The number of nitrogens with zero attached hydrogens (tertiary/aromatic N) is 2. The smallest absolute Gasteiger partial charge is 0.283 e. The van der Waals surface area contributed by atoms with Crippen LogP contribution in [0.5, 0.6) is 17.2 Å². The first kappa shape index (κ1) is 24.3. The Morgan fingerprint density at radius 1 is 0.973 bits per heavy atom. The van der Waals surface area contributed by atoms with Crippen molar-refractivity contribution in [2.24, 2.45) is 0 Å². The van der Waals surface area contributed by atoms with E-state index in [-0.39, 0.29) is 17.2 Å². The summed E-state index contributed by atoms with van der Waals surface area (Å²) in [6, 6.07) is 19.9. The summed E-state index contributed by atoms with van der Waals surface area (Å²) in [6.45, 7) is 0. The molecule has 188 valence electrons. The minimum atomic E-state index is -0.295. The Hall–Kier alpha value is -4.44. The SMILES string of the molecule is COc1ccc(OC)c(NC(=O)CSc2nc3c([nH]c4ccccc43)c(=O)n2-c2ccccc2OC)c1. The molecule has 5 aromatic rings. The fraction of sp³-hybridized carbons (Fsp3) is 0.148. The van der Waals surface area contributed by atoms with Crippen LogP contribution in [0.2, 0.25) is 0 Å². The molecule has 3 aromatic carbocycles. The van der Waals surface area contributed by atoms with E-state index in [0.29, 0.717) is 44.8 Å². The highest BCUT2D eigenvalue weighted by Gasteiger charge is 2.20. The number of carbonyl (C=O) groups excluding carboxylic acids is 1. The first-order valence-electron chi connectivity index (χ1n) is 11.4. The molecule has 0 fully saturated rings. The second kappa shape index (κ2) is 10.3. The highest BCUT2D eigenvalue weighted by atomic mass is 32.2. The molecule has 5 rings (SSSR count). The highest BCUT2D eigenvalue weighted by Crippen LogP contribution is 2.31. The third kappa shape index (κ3) is 4.58. The zero-order valence-corrected chi connectivity index (χ0v) is 21.2. The summed E-state index contributed by atoms with van der Waals surface area (Å²) in [5, 5.41) is 4.04. The number of fused-ring (bicyclic) bond motifs is 3. The predicted molar refractivity (Wildman–Crippen MR) is 145 cm³/mol. The number of benzene rings is 3. The van der Waals surface area contributed by atoms with Crippen LogP contribution in [-0.2, 0) is 4.79 Å². The summed E-state index contributed by atoms with van der Waals surface area (Å²) in [4.78, 5) is 34.8. The number of carbonyl (C=O) groups is 1. The van der Waals surface area contributed by atoms with Gasteiger partial charge in [-0.1, -0.05) is 42.1 Å². The number of para-hydroxylation sites is 3. The third-order valence-corrected chi connectivity index (χ3v) is 6.77. The van der Waals surface area contributed by atoms with Crippen molar-refractivity contribution in [3.63, 3.8) is 0 Å². The van der Waals surface area contributed by atoms with Crippen LogP contribution in [0, 0.1) is 0 Å². The topological polar surface area (TPSA) is 107 Å². The molecule has 0 spiro atoms. The first-order valence-corrected chi connectivity index (χ1v) is 12.3. The molecule has 2 aromatic heterocycles. The lowest BCUT2D eigenvalue weighted by atomic mass is 10.2. The number of hydrogen-bond acceptors (Lipinski definition) is 7. The maximum absolute atomic E-state index is 13.8. The van der Waals surface area contributed by atoms with Gasteiger partial charge in [0.2, 0.25) is 5.91 Å². The molecule has 0 saturated carbocycles. The quantitative estimate of drug-likeness (QED) is 0.229. The average molecular weight is 517 g/mol. The Labute approximate surface area is 216 Å². The van der Waals surface area contributed by atoms with Gasteiger partial charge in [-0.2, -0.15) is 0 Å². The fourth-order valence-corrected chi connectivity index (χ4v) is 4.89. The van der Waals surface area contributed by atoms with E-state index in [1.807, 2.05) is 36.4 Å². The first-order chi connectivity index (χ1) is 18.0. The minimum Gasteiger partial charge on any atom is -0.497 e. The van der Waals surface area contributed by atoms with Gasteiger partial charge in [-0.05, 0) is 30.3 Å². The Bertz CT molecular complexity index is 1680. The number of H-pyrrole nitrogens is 1. The van der Waals surface area contributed by atoms with Crippen molar-refractivity contribution in [3.05, 3.63) is 77.1 Å². The van der Waals surface area contributed by atoms with Crippen LogP contribution in [0.3, 0.4) is 0 Å². The van der Waals surface area contributed by atoms with Crippen molar-refractivity contribution in [2.75, 3.05) is 32.4 Å². The fourth-order valence-electron chi connectivity index (χ4n) is 4.09. The van der Waals surface area contributed by atoms with Crippen LogP contribution in [0.25, 0.3) is 27.6 Å². The van der Waals surface area contributed by atoms with Gasteiger partial charge in [0.15, 0.2) is 5.16 Å². The summed E-state index contributed by atoms with van der Waals surface area (Å²) in [5.41, 5.74) is 2.45. The number of nitrogens with one attached hydrogen (secondary N) is 2. The van der Waals surface area contributed by atoms with Gasteiger partial charge in [0, 0.05) is 17.0 Å². The number of methoxy groups -OCH3 is 3.